The second kappa shape index (κ2) is 10.6. The molecular formula is C23H32F3N5O3S. The van der Waals surface area contributed by atoms with Crippen molar-refractivity contribution in [2.75, 3.05) is 5.32 Å². The van der Waals surface area contributed by atoms with E-state index in [0.717, 1.165) is 49.4 Å². The van der Waals surface area contributed by atoms with Crippen LogP contribution in [0.15, 0.2) is 40.9 Å². The van der Waals surface area contributed by atoms with E-state index in [1.165, 1.54) is 19.0 Å². The van der Waals surface area contributed by atoms with E-state index in [4.69, 9.17) is 11.1 Å². The highest BCUT2D eigenvalue weighted by molar-refractivity contribution is 7.92. The van der Waals surface area contributed by atoms with Gasteiger partial charge in [-0.05, 0) is 75.1 Å². The zero-order valence-corrected chi connectivity index (χ0v) is 20.5. The first-order valence-electron chi connectivity index (χ1n) is 11.6. The molecule has 2 fully saturated rings. The summed E-state index contributed by atoms with van der Waals surface area (Å²) in [5.74, 6) is -0.112. The molecule has 0 saturated heterocycles. The van der Waals surface area contributed by atoms with Crippen molar-refractivity contribution < 1.29 is 26.4 Å². The number of nitrogens with two attached hydrogens (primary N) is 1. The van der Waals surface area contributed by atoms with Crippen molar-refractivity contribution in [2.45, 2.75) is 74.5 Å². The smallest absolute Gasteiger partial charge is 0.387 e. The van der Waals surface area contributed by atoms with Gasteiger partial charge in [-0.3, -0.25) is 10.2 Å². The van der Waals surface area contributed by atoms with Crippen LogP contribution in [0, 0.1) is 17.2 Å². The predicted molar refractivity (Wildman–Crippen MR) is 127 cm³/mol. The van der Waals surface area contributed by atoms with Crippen molar-refractivity contribution in [3.8, 4) is 0 Å². The number of amides is 1. The van der Waals surface area contributed by atoms with Gasteiger partial charge >= 0.3 is 5.51 Å². The second-order valence-electron chi connectivity index (χ2n) is 9.45. The van der Waals surface area contributed by atoms with Gasteiger partial charge in [0.15, 0.2) is 0 Å². The molecular weight excluding hydrogens is 483 g/mol. The summed E-state index contributed by atoms with van der Waals surface area (Å²) in [6, 6.07) is 4.79. The first-order chi connectivity index (χ1) is 16.3. The molecule has 6 N–H and O–H groups in total. The zero-order valence-electron chi connectivity index (χ0n) is 19.7. The Labute approximate surface area is 203 Å². The lowest BCUT2D eigenvalue weighted by molar-refractivity contribution is -0.114. The average molecular weight is 516 g/mol. The Hall–Kier alpha value is -2.60. The maximum atomic E-state index is 12.7. The molecule has 0 aromatic heterocycles. The number of benzene rings is 1. The molecule has 3 rings (SSSR count). The molecule has 0 radical (unpaired) electrons. The summed E-state index contributed by atoms with van der Waals surface area (Å²) in [6.45, 7) is 4.36. The van der Waals surface area contributed by atoms with Crippen LogP contribution in [-0.4, -0.2) is 43.8 Å². The molecule has 0 heterocycles. The SMILES string of the molecule is CC(N[C@@H]1CC[C@H](N/C=C(\C(=N)Nc2ccc(S(=O)(=O)C(F)(F)F)cc2)C(N)=O)[C@@H](C)C1)C1CC1. The Balaban J connectivity index is 1.59. The molecule has 1 amide bonds. The number of rotatable bonds is 9. The summed E-state index contributed by atoms with van der Waals surface area (Å²) < 4.78 is 61.0. The second-order valence-corrected chi connectivity index (χ2v) is 11.4. The van der Waals surface area contributed by atoms with Gasteiger partial charge < -0.3 is 21.7 Å². The normalized spacial score (nSPS) is 24.5. The quantitative estimate of drug-likeness (QED) is 0.194. The molecule has 8 nitrogen and oxygen atoms in total. The van der Waals surface area contributed by atoms with Gasteiger partial charge in [-0.1, -0.05) is 6.92 Å². The minimum Gasteiger partial charge on any atom is -0.387 e. The fraction of sp³-hybridized carbons (Fsp3) is 0.565. The molecule has 0 aliphatic heterocycles. The number of alkyl halides is 3. The number of anilines is 1. The summed E-state index contributed by atoms with van der Waals surface area (Å²) in [4.78, 5) is 11.0. The monoisotopic (exact) mass is 515 g/mol. The van der Waals surface area contributed by atoms with E-state index in [9.17, 15) is 26.4 Å². The highest BCUT2D eigenvalue weighted by Gasteiger charge is 2.46. The van der Waals surface area contributed by atoms with E-state index in [2.05, 4.69) is 29.8 Å². The summed E-state index contributed by atoms with van der Waals surface area (Å²) >= 11 is 0. The topological polar surface area (TPSA) is 137 Å². The molecule has 12 heteroatoms. The standard InChI is InChI=1S/C23H32F3N5O3S/c1-13-11-17(30-14(2)15-3-4-15)7-10-20(13)29-12-19(22(28)32)21(27)31-16-5-8-18(9-6-16)35(33,34)23(24,25)26/h5-6,8-9,12-15,17,20,29-30H,3-4,7,10-11H2,1-2H3,(H2,27,31)(H2,28,32)/b19-12+/t13-,14?,17+,20-/m0/s1. The van der Waals surface area contributed by atoms with E-state index < -0.39 is 26.1 Å². The van der Waals surface area contributed by atoms with Crippen LogP contribution < -0.4 is 21.7 Å². The minimum atomic E-state index is -5.47. The van der Waals surface area contributed by atoms with Gasteiger partial charge in [0.25, 0.3) is 15.7 Å². The number of hydrogen-bond acceptors (Lipinski definition) is 6. The predicted octanol–water partition coefficient (Wildman–Crippen LogP) is 3.27. The Morgan fingerprint density at radius 2 is 1.80 bits per heavy atom. The van der Waals surface area contributed by atoms with Crippen LogP contribution in [0.25, 0.3) is 0 Å². The van der Waals surface area contributed by atoms with Gasteiger partial charge in [-0.15, -0.1) is 0 Å². The summed E-state index contributed by atoms with van der Waals surface area (Å²) in [5, 5.41) is 17.7. The van der Waals surface area contributed by atoms with E-state index in [1.807, 2.05) is 0 Å². The van der Waals surface area contributed by atoms with Gasteiger partial charge in [0.05, 0.1) is 10.5 Å². The van der Waals surface area contributed by atoms with Gasteiger partial charge in [-0.25, -0.2) is 8.42 Å². The number of carbonyl (C=O) groups is 1. The maximum absolute atomic E-state index is 12.7. The Morgan fingerprint density at radius 1 is 1.17 bits per heavy atom. The number of carbonyl (C=O) groups excluding carboxylic acids is 1. The van der Waals surface area contributed by atoms with Gasteiger partial charge in [0.1, 0.15) is 5.84 Å². The molecule has 35 heavy (non-hydrogen) atoms. The Bertz CT molecular complexity index is 1070. The minimum absolute atomic E-state index is 0.0956. The third kappa shape index (κ3) is 6.75. The van der Waals surface area contributed by atoms with Crippen LogP contribution in [0.2, 0.25) is 0 Å². The maximum Gasteiger partial charge on any atom is 0.501 e. The molecule has 0 spiro atoms. The largest absolute Gasteiger partial charge is 0.501 e. The third-order valence-corrected chi connectivity index (χ3v) is 8.21. The van der Waals surface area contributed by atoms with Crippen molar-refractivity contribution in [2.24, 2.45) is 17.6 Å². The molecule has 194 valence electrons. The third-order valence-electron chi connectivity index (χ3n) is 6.71. The lowest BCUT2D eigenvalue weighted by Gasteiger charge is -2.36. The number of halogens is 3. The van der Waals surface area contributed by atoms with Crippen LogP contribution in [0.1, 0.15) is 46.0 Å². The highest BCUT2D eigenvalue weighted by Crippen LogP contribution is 2.34. The lowest BCUT2D eigenvalue weighted by Crippen LogP contribution is -2.46. The van der Waals surface area contributed by atoms with Crippen LogP contribution in [0.3, 0.4) is 0 Å². The Kier molecular flexibility index (Phi) is 8.15. The molecule has 2 saturated carbocycles. The van der Waals surface area contributed by atoms with Crippen molar-refractivity contribution in [3.63, 3.8) is 0 Å². The van der Waals surface area contributed by atoms with E-state index in [1.54, 1.807) is 0 Å². The summed E-state index contributed by atoms with van der Waals surface area (Å²) in [5.41, 5.74) is 0.0264. The molecule has 2 aliphatic carbocycles. The van der Waals surface area contributed by atoms with E-state index in [0.29, 0.717) is 18.0 Å². The molecule has 1 aromatic carbocycles. The van der Waals surface area contributed by atoms with Crippen LogP contribution in [0.4, 0.5) is 18.9 Å². The average Bonchev–Trinajstić information content (AvgIpc) is 3.60. The van der Waals surface area contributed by atoms with E-state index >= 15 is 0 Å². The van der Waals surface area contributed by atoms with Crippen molar-refractivity contribution >= 4 is 27.3 Å². The molecule has 0 bridgehead atoms. The molecule has 1 aromatic rings. The van der Waals surface area contributed by atoms with Crippen LogP contribution >= 0.6 is 0 Å². The van der Waals surface area contributed by atoms with E-state index in [-0.39, 0.29) is 23.1 Å². The van der Waals surface area contributed by atoms with Gasteiger partial charge in [-0.2, -0.15) is 13.2 Å². The fourth-order valence-corrected chi connectivity index (χ4v) is 5.18. The number of sulfone groups is 1. The van der Waals surface area contributed by atoms with Crippen molar-refractivity contribution in [1.82, 2.24) is 10.6 Å². The number of primary amides is 1. The number of nitrogens with one attached hydrogen (secondary N) is 4. The zero-order chi connectivity index (χ0) is 26.0. The molecule has 2 aliphatic rings. The highest BCUT2D eigenvalue weighted by atomic mass is 32.2. The summed E-state index contributed by atoms with van der Waals surface area (Å²) in [6.07, 6.45) is 6.83. The number of hydrogen-bond donors (Lipinski definition) is 5. The summed E-state index contributed by atoms with van der Waals surface area (Å²) in [7, 11) is -5.47. The molecule has 4 atom stereocenters. The molecule has 1 unspecified atom stereocenters. The van der Waals surface area contributed by atoms with Crippen molar-refractivity contribution in [1.29, 1.82) is 5.41 Å². The van der Waals surface area contributed by atoms with Crippen molar-refractivity contribution in [3.05, 3.63) is 36.0 Å². The van der Waals surface area contributed by atoms with Crippen LogP contribution in [0.5, 0.6) is 0 Å². The first-order valence-corrected chi connectivity index (χ1v) is 13.1. The lowest BCUT2D eigenvalue weighted by atomic mass is 9.82. The van der Waals surface area contributed by atoms with Crippen LogP contribution in [-0.2, 0) is 14.6 Å². The van der Waals surface area contributed by atoms with Gasteiger partial charge in [0.2, 0.25) is 0 Å². The first kappa shape index (κ1) is 27.0. The van der Waals surface area contributed by atoms with Gasteiger partial charge in [0, 0.05) is 30.0 Å². The number of amidine groups is 1. The Morgan fingerprint density at radius 3 is 2.31 bits per heavy atom. The fourth-order valence-electron chi connectivity index (χ4n) is 4.42.